The van der Waals surface area contributed by atoms with E-state index in [9.17, 15) is 8.42 Å². The molecule has 1 aromatic heterocycles. The van der Waals surface area contributed by atoms with Crippen LogP contribution in [0, 0.1) is 6.92 Å². The predicted octanol–water partition coefficient (Wildman–Crippen LogP) is 2.41. The van der Waals surface area contributed by atoms with Crippen LogP contribution in [0.5, 0.6) is 0 Å². The molecule has 0 aliphatic heterocycles. The Morgan fingerprint density at radius 1 is 1.31 bits per heavy atom. The number of para-hydroxylation sites is 1. The van der Waals surface area contributed by atoms with Gasteiger partial charge in [0.25, 0.3) is 0 Å². The molecule has 0 aliphatic rings. The second-order valence-electron chi connectivity index (χ2n) is 4.01. The molecule has 0 bridgehead atoms. The molecule has 0 saturated carbocycles. The van der Waals surface area contributed by atoms with Gasteiger partial charge in [-0.05, 0) is 23.9 Å². The minimum Gasteiger partial charge on any atom is -0.357 e. The van der Waals surface area contributed by atoms with E-state index in [0.29, 0.717) is 0 Å². The van der Waals surface area contributed by atoms with Crippen LogP contribution in [-0.2, 0) is 15.6 Å². The first kappa shape index (κ1) is 11.2. The lowest BCUT2D eigenvalue weighted by molar-refractivity contribution is 0.596. The number of sulfone groups is 1. The molecule has 0 radical (unpaired) electrons. The van der Waals surface area contributed by atoms with E-state index in [0.717, 1.165) is 22.2 Å². The molecule has 4 heteroatoms. The number of rotatable bonds is 3. The van der Waals surface area contributed by atoms with Gasteiger partial charge >= 0.3 is 0 Å². The Morgan fingerprint density at radius 3 is 2.69 bits per heavy atom. The van der Waals surface area contributed by atoms with Crippen LogP contribution in [-0.4, -0.2) is 19.2 Å². The fraction of sp³-hybridized carbons (Fsp3) is 0.333. The zero-order valence-electron chi connectivity index (χ0n) is 9.45. The summed E-state index contributed by atoms with van der Waals surface area (Å²) in [5.74, 6) is 0.277. The minimum absolute atomic E-state index is 0.0949. The van der Waals surface area contributed by atoms with Crippen molar-refractivity contribution in [3.05, 3.63) is 35.5 Å². The Bertz CT molecular complexity index is 611. The fourth-order valence-corrected chi connectivity index (χ4v) is 2.62. The highest BCUT2D eigenvalue weighted by Gasteiger charge is 2.11. The highest BCUT2D eigenvalue weighted by atomic mass is 32.2. The zero-order valence-corrected chi connectivity index (χ0v) is 10.3. The van der Waals surface area contributed by atoms with Gasteiger partial charge in [0.2, 0.25) is 0 Å². The standard InChI is InChI=1S/C12H15NO2S/c1-3-16(14,15)8-11-7-10-6-4-5-9(2)12(10)13-11/h4-7,13H,3,8H2,1-2H3. The van der Waals surface area contributed by atoms with Gasteiger partial charge in [0.15, 0.2) is 9.84 Å². The van der Waals surface area contributed by atoms with Gasteiger partial charge in [-0.1, -0.05) is 25.1 Å². The first-order chi connectivity index (χ1) is 7.52. The largest absolute Gasteiger partial charge is 0.357 e. The molecule has 2 rings (SSSR count). The molecule has 0 fully saturated rings. The molecule has 86 valence electrons. The van der Waals surface area contributed by atoms with Crippen molar-refractivity contribution in [3.63, 3.8) is 0 Å². The number of aromatic amines is 1. The van der Waals surface area contributed by atoms with Crippen molar-refractivity contribution in [1.29, 1.82) is 0 Å². The molecular formula is C12H15NO2S. The summed E-state index contributed by atoms with van der Waals surface area (Å²) in [5, 5.41) is 1.07. The number of hydrogen-bond acceptors (Lipinski definition) is 2. The highest BCUT2D eigenvalue weighted by Crippen LogP contribution is 2.20. The summed E-state index contributed by atoms with van der Waals surface area (Å²) in [6.07, 6.45) is 0. The molecule has 1 heterocycles. The third kappa shape index (κ3) is 2.11. The normalized spacial score (nSPS) is 12.1. The maximum absolute atomic E-state index is 11.5. The van der Waals surface area contributed by atoms with E-state index in [1.54, 1.807) is 6.92 Å². The molecule has 0 saturated heterocycles. The van der Waals surface area contributed by atoms with Gasteiger partial charge in [-0.15, -0.1) is 0 Å². The van der Waals surface area contributed by atoms with Crippen molar-refractivity contribution in [2.75, 3.05) is 5.75 Å². The lowest BCUT2D eigenvalue weighted by Gasteiger charge is -1.97. The second-order valence-corrected chi connectivity index (χ2v) is 6.36. The van der Waals surface area contributed by atoms with Gasteiger partial charge in [0.05, 0.1) is 5.75 Å². The van der Waals surface area contributed by atoms with Crippen LogP contribution in [0.2, 0.25) is 0 Å². The van der Waals surface area contributed by atoms with Gasteiger partial charge in [0.1, 0.15) is 0 Å². The number of nitrogens with one attached hydrogen (secondary N) is 1. The van der Waals surface area contributed by atoms with Crippen LogP contribution in [0.3, 0.4) is 0 Å². The average Bonchev–Trinajstić information content (AvgIpc) is 2.61. The molecular weight excluding hydrogens is 222 g/mol. The van der Waals surface area contributed by atoms with Crippen LogP contribution >= 0.6 is 0 Å². The zero-order chi connectivity index (χ0) is 11.8. The number of aromatic nitrogens is 1. The summed E-state index contributed by atoms with van der Waals surface area (Å²) < 4.78 is 23.0. The number of aryl methyl sites for hydroxylation is 1. The topological polar surface area (TPSA) is 49.9 Å². The first-order valence-corrected chi connectivity index (χ1v) is 7.11. The quantitative estimate of drug-likeness (QED) is 0.891. The summed E-state index contributed by atoms with van der Waals surface area (Å²) in [6, 6.07) is 7.89. The lowest BCUT2D eigenvalue weighted by atomic mass is 10.2. The fourth-order valence-electron chi connectivity index (χ4n) is 1.78. The molecule has 3 nitrogen and oxygen atoms in total. The molecule has 1 N–H and O–H groups in total. The van der Waals surface area contributed by atoms with Crippen LogP contribution in [0.1, 0.15) is 18.2 Å². The van der Waals surface area contributed by atoms with Crippen LogP contribution in [0.4, 0.5) is 0 Å². The maximum atomic E-state index is 11.5. The average molecular weight is 237 g/mol. The van der Waals surface area contributed by atoms with Gasteiger partial charge in [-0.3, -0.25) is 0 Å². The Labute approximate surface area is 95.4 Å². The highest BCUT2D eigenvalue weighted by molar-refractivity contribution is 7.90. The third-order valence-electron chi connectivity index (χ3n) is 2.74. The SMILES string of the molecule is CCS(=O)(=O)Cc1cc2cccc(C)c2[nH]1. The number of fused-ring (bicyclic) bond motifs is 1. The Balaban J connectivity index is 2.45. The van der Waals surface area contributed by atoms with Crippen molar-refractivity contribution in [3.8, 4) is 0 Å². The maximum Gasteiger partial charge on any atom is 0.155 e. The smallest absolute Gasteiger partial charge is 0.155 e. The summed E-state index contributed by atoms with van der Waals surface area (Å²) in [6.45, 7) is 3.68. The molecule has 2 aromatic rings. The number of benzene rings is 1. The van der Waals surface area contributed by atoms with E-state index in [4.69, 9.17) is 0 Å². The number of H-pyrrole nitrogens is 1. The predicted molar refractivity (Wildman–Crippen MR) is 66.2 cm³/mol. The number of hydrogen-bond donors (Lipinski definition) is 1. The van der Waals surface area contributed by atoms with E-state index in [1.807, 2.05) is 31.2 Å². The molecule has 0 spiro atoms. The molecule has 1 aromatic carbocycles. The van der Waals surface area contributed by atoms with Gasteiger partial charge in [-0.2, -0.15) is 0 Å². The van der Waals surface area contributed by atoms with Crippen molar-refractivity contribution >= 4 is 20.7 Å². The third-order valence-corrected chi connectivity index (χ3v) is 4.37. The van der Waals surface area contributed by atoms with E-state index < -0.39 is 9.84 Å². The van der Waals surface area contributed by atoms with Gasteiger partial charge in [0, 0.05) is 17.0 Å². The summed E-state index contributed by atoms with van der Waals surface area (Å²) in [5.41, 5.74) is 2.94. The van der Waals surface area contributed by atoms with Crippen LogP contribution in [0.15, 0.2) is 24.3 Å². The van der Waals surface area contributed by atoms with Crippen LogP contribution < -0.4 is 0 Å². The minimum atomic E-state index is -2.96. The van der Waals surface area contributed by atoms with Crippen molar-refractivity contribution < 1.29 is 8.42 Å². The van der Waals surface area contributed by atoms with Crippen molar-refractivity contribution in [2.24, 2.45) is 0 Å². The summed E-state index contributed by atoms with van der Waals surface area (Å²) in [7, 11) is -2.96. The van der Waals surface area contributed by atoms with E-state index in [2.05, 4.69) is 4.98 Å². The summed E-state index contributed by atoms with van der Waals surface area (Å²) >= 11 is 0. The van der Waals surface area contributed by atoms with Gasteiger partial charge in [-0.25, -0.2) is 8.42 Å². The van der Waals surface area contributed by atoms with E-state index in [1.165, 1.54) is 0 Å². The molecule has 16 heavy (non-hydrogen) atoms. The van der Waals surface area contributed by atoms with E-state index in [-0.39, 0.29) is 11.5 Å². The van der Waals surface area contributed by atoms with E-state index >= 15 is 0 Å². The van der Waals surface area contributed by atoms with Gasteiger partial charge < -0.3 is 4.98 Å². The summed E-state index contributed by atoms with van der Waals surface area (Å²) in [4.78, 5) is 3.18. The first-order valence-electron chi connectivity index (χ1n) is 5.29. The Morgan fingerprint density at radius 2 is 2.06 bits per heavy atom. The Hall–Kier alpha value is -1.29. The Kier molecular flexibility index (Phi) is 2.76. The second kappa shape index (κ2) is 3.94. The monoisotopic (exact) mass is 237 g/mol. The molecule has 0 amide bonds. The van der Waals surface area contributed by atoms with Crippen LogP contribution in [0.25, 0.3) is 10.9 Å². The van der Waals surface area contributed by atoms with Crippen molar-refractivity contribution in [1.82, 2.24) is 4.98 Å². The van der Waals surface area contributed by atoms with Crippen molar-refractivity contribution in [2.45, 2.75) is 19.6 Å². The lowest BCUT2D eigenvalue weighted by Crippen LogP contribution is -2.06. The molecule has 0 unspecified atom stereocenters. The molecule has 0 atom stereocenters. The molecule has 0 aliphatic carbocycles.